The minimum absolute atomic E-state index is 0.105. The fourth-order valence-electron chi connectivity index (χ4n) is 2.76. The van der Waals surface area contributed by atoms with Gasteiger partial charge >= 0.3 is 0 Å². The summed E-state index contributed by atoms with van der Waals surface area (Å²) in [6.45, 7) is 1.50. The highest BCUT2D eigenvalue weighted by Gasteiger charge is 2.24. The topological polar surface area (TPSA) is 110 Å². The van der Waals surface area contributed by atoms with E-state index in [1.165, 1.54) is 12.1 Å². The Morgan fingerprint density at radius 2 is 1.93 bits per heavy atom. The van der Waals surface area contributed by atoms with Gasteiger partial charge in [0, 0.05) is 23.7 Å². The molecule has 29 heavy (non-hydrogen) atoms. The molecule has 0 bridgehead atoms. The lowest BCUT2D eigenvalue weighted by Crippen LogP contribution is -2.41. The summed E-state index contributed by atoms with van der Waals surface area (Å²) in [7, 11) is -3.82. The summed E-state index contributed by atoms with van der Waals surface area (Å²) in [6, 6.07) is 11.3. The lowest BCUT2D eigenvalue weighted by Gasteiger charge is -2.23. The number of hydrogen-bond acceptors (Lipinski definition) is 5. The van der Waals surface area contributed by atoms with E-state index < -0.39 is 27.4 Å². The first-order chi connectivity index (χ1) is 13.6. The standard InChI is InChI=1S/C19H22ClN3O5S/c1-14-9-10-16(23(25)26)12-18(14)22(29(2,27)28)13-19(24)21-11-5-7-15-6-3-4-8-17(15)20/h3-4,6,8-10,12H,5,7,11,13H2,1-2H3,(H,21,24). The summed E-state index contributed by atoms with van der Waals surface area (Å²) in [5.41, 5.74) is 1.33. The van der Waals surface area contributed by atoms with E-state index >= 15 is 0 Å². The van der Waals surface area contributed by atoms with Gasteiger partial charge in [-0.3, -0.25) is 19.2 Å². The van der Waals surface area contributed by atoms with Gasteiger partial charge in [0.05, 0.1) is 16.9 Å². The van der Waals surface area contributed by atoms with Crippen molar-refractivity contribution in [2.75, 3.05) is 23.7 Å². The number of anilines is 1. The summed E-state index contributed by atoms with van der Waals surface area (Å²) in [5, 5.41) is 14.4. The van der Waals surface area contributed by atoms with E-state index in [2.05, 4.69) is 5.32 Å². The van der Waals surface area contributed by atoms with Crippen LogP contribution in [0.3, 0.4) is 0 Å². The smallest absolute Gasteiger partial charge is 0.271 e. The second-order valence-electron chi connectivity index (χ2n) is 6.54. The zero-order chi connectivity index (χ0) is 21.6. The predicted molar refractivity (Wildman–Crippen MR) is 113 cm³/mol. The Balaban J connectivity index is 2.04. The molecule has 0 spiro atoms. The average Bonchev–Trinajstić information content (AvgIpc) is 2.64. The van der Waals surface area contributed by atoms with Crippen molar-refractivity contribution in [3.8, 4) is 0 Å². The highest BCUT2D eigenvalue weighted by Crippen LogP contribution is 2.27. The SMILES string of the molecule is Cc1ccc([N+](=O)[O-])cc1N(CC(=O)NCCCc1ccccc1Cl)S(C)(=O)=O. The van der Waals surface area contributed by atoms with E-state index in [4.69, 9.17) is 11.6 Å². The number of rotatable bonds is 9. The molecular weight excluding hydrogens is 418 g/mol. The monoisotopic (exact) mass is 439 g/mol. The number of hydrogen-bond donors (Lipinski definition) is 1. The van der Waals surface area contributed by atoms with Gasteiger partial charge < -0.3 is 5.32 Å². The van der Waals surface area contributed by atoms with Crippen LogP contribution >= 0.6 is 11.6 Å². The Kier molecular flexibility index (Phi) is 7.58. The maximum atomic E-state index is 12.3. The lowest BCUT2D eigenvalue weighted by molar-refractivity contribution is -0.384. The fraction of sp³-hybridized carbons (Fsp3) is 0.316. The Morgan fingerprint density at radius 3 is 2.55 bits per heavy atom. The van der Waals surface area contributed by atoms with Crippen LogP contribution in [-0.2, 0) is 21.2 Å². The van der Waals surface area contributed by atoms with E-state index in [0.29, 0.717) is 30.0 Å². The summed E-state index contributed by atoms with van der Waals surface area (Å²) in [4.78, 5) is 22.7. The number of aryl methyl sites for hydroxylation is 2. The second kappa shape index (κ2) is 9.71. The third kappa shape index (κ3) is 6.43. The minimum Gasteiger partial charge on any atom is -0.355 e. The summed E-state index contributed by atoms with van der Waals surface area (Å²) < 4.78 is 25.3. The maximum Gasteiger partial charge on any atom is 0.271 e. The number of carbonyl (C=O) groups is 1. The summed E-state index contributed by atoms with van der Waals surface area (Å²) in [6.07, 6.45) is 2.25. The molecule has 10 heteroatoms. The number of carbonyl (C=O) groups excluding carboxylic acids is 1. The van der Waals surface area contributed by atoms with Crippen molar-refractivity contribution in [1.29, 1.82) is 0 Å². The van der Waals surface area contributed by atoms with Crippen molar-refractivity contribution in [1.82, 2.24) is 5.32 Å². The Labute approximate surface area is 174 Å². The van der Waals surface area contributed by atoms with Crippen molar-refractivity contribution in [3.63, 3.8) is 0 Å². The van der Waals surface area contributed by atoms with Gasteiger partial charge in [0.15, 0.2) is 0 Å². The highest BCUT2D eigenvalue weighted by molar-refractivity contribution is 7.92. The van der Waals surface area contributed by atoms with Crippen molar-refractivity contribution in [2.24, 2.45) is 0 Å². The van der Waals surface area contributed by atoms with Crippen LogP contribution in [-0.4, -0.2) is 38.6 Å². The molecule has 0 aliphatic rings. The Morgan fingerprint density at radius 1 is 1.24 bits per heavy atom. The molecule has 0 aliphatic carbocycles. The quantitative estimate of drug-likeness (QED) is 0.367. The number of amides is 1. The molecule has 1 amide bonds. The van der Waals surface area contributed by atoms with Gasteiger partial charge in [-0.25, -0.2) is 8.42 Å². The van der Waals surface area contributed by atoms with E-state index in [1.807, 2.05) is 18.2 Å². The molecule has 1 N–H and O–H groups in total. The molecule has 0 saturated carbocycles. The van der Waals surface area contributed by atoms with Gasteiger partial charge in [0.2, 0.25) is 15.9 Å². The van der Waals surface area contributed by atoms with E-state index in [-0.39, 0.29) is 11.4 Å². The van der Waals surface area contributed by atoms with Crippen molar-refractivity contribution >= 4 is 38.9 Å². The van der Waals surface area contributed by atoms with E-state index in [0.717, 1.165) is 22.2 Å². The third-order valence-electron chi connectivity index (χ3n) is 4.26. The Hall–Kier alpha value is -2.65. The third-order valence-corrected chi connectivity index (χ3v) is 5.76. The predicted octanol–water partition coefficient (Wildman–Crippen LogP) is 3.07. The van der Waals surface area contributed by atoms with E-state index in [1.54, 1.807) is 13.0 Å². The number of benzene rings is 2. The van der Waals surface area contributed by atoms with Crippen LogP contribution in [0.25, 0.3) is 0 Å². The molecule has 156 valence electrons. The van der Waals surface area contributed by atoms with E-state index in [9.17, 15) is 23.3 Å². The zero-order valence-electron chi connectivity index (χ0n) is 16.1. The molecule has 2 aromatic rings. The molecule has 8 nitrogen and oxygen atoms in total. The summed E-state index contributed by atoms with van der Waals surface area (Å²) in [5.74, 6) is -0.500. The largest absolute Gasteiger partial charge is 0.355 e. The van der Waals surface area contributed by atoms with Crippen LogP contribution in [0.5, 0.6) is 0 Å². The Bertz CT molecular complexity index is 1010. The molecule has 2 rings (SSSR count). The lowest BCUT2D eigenvalue weighted by atomic mass is 10.1. The van der Waals surface area contributed by atoms with Gasteiger partial charge in [-0.2, -0.15) is 0 Å². The maximum absolute atomic E-state index is 12.3. The molecule has 0 radical (unpaired) electrons. The van der Waals surface area contributed by atoms with Crippen LogP contribution in [0.1, 0.15) is 17.5 Å². The van der Waals surface area contributed by atoms with Crippen LogP contribution in [0, 0.1) is 17.0 Å². The van der Waals surface area contributed by atoms with Crippen LogP contribution in [0.4, 0.5) is 11.4 Å². The number of nitrogens with one attached hydrogen (secondary N) is 1. The molecule has 0 atom stereocenters. The zero-order valence-corrected chi connectivity index (χ0v) is 17.7. The van der Waals surface area contributed by atoms with Crippen LogP contribution < -0.4 is 9.62 Å². The fourth-order valence-corrected chi connectivity index (χ4v) is 3.89. The second-order valence-corrected chi connectivity index (χ2v) is 8.86. The number of nitro benzene ring substituents is 1. The van der Waals surface area contributed by atoms with Gasteiger partial charge in [0.1, 0.15) is 6.54 Å². The molecule has 2 aromatic carbocycles. The van der Waals surface area contributed by atoms with Gasteiger partial charge in [-0.15, -0.1) is 0 Å². The molecule has 0 unspecified atom stereocenters. The molecule has 0 aromatic heterocycles. The highest BCUT2D eigenvalue weighted by atomic mass is 35.5. The van der Waals surface area contributed by atoms with Crippen LogP contribution in [0.2, 0.25) is 5.02 Å². The number of non-ortho nitro benzene ring substituents is 1. The number of nitrogens with zero attached hydrogens (tertiary/aromatic N) is 2. The van der Waals surface area contributed by atoms with Gasteiger partial charge in [0.25, 0.3) is 5.69 Å². The molecule has 0 aliphatic heterocycles. The number of nitro groups is 1. The molecule has 0 fully saturated rings. The first-order valence-corrected chi connectivity index (χ1v) is 11.0. The first kappa shape index (κ1) is 22.6. The van der Waals surface area contributed by atoms with Crippen molar-refractivity contribution < 1.29 is 18.1 Å². The number of sulfonamides is 1. The molecule has 0 heterocycles. The van der Waals surface area contributed by atoms with Crippen molar-refractivity contribution in [2.45, 2.75) is 19.8 Å². The normalized spacial score (nSPS) is 11.1. The average molecular weight is 440 g/mol. The van der Waals surface area contributed by atoms with Gasteiger partial charge in [-0.05, 0) is 37.0 Å². The first-order valence-electron chi connectivity index (χ1n) is 8.82. The molecule has 0 saturated heterocycles. The molecular formula is C19H22ClN3O5S. The van der Waals surface area contributed by atoms with Gasteiger partial charge in [-0.1, -0.05) is 35.9 Å². The number of halogens is 1. The van der Waals surface area contributed by atoms with Crippen molar-refractivity contribution in [3.05, 3.63) is 68.7 Å². The minimum atomic E-state index is -3.82. The van der Waals surface area contributed by atoms with Crippen LogP contribution in [0.15, 0.2) is 42.5 Å². The summed E-state index contributed by atoms with van der Waals surface area (Å²) >= 11 is 6.09.